The van der Waals surface area contributed by atoms with Gasteiger partial charge in [-0.1, -0.05) is 42.2 Å². The number of fused-ring (bicyclic) bond motifs is 1. The first-order valence-electron chi connectivity index (χ1n) is 9.45. The van der Waals surface area contributed by atoms with Crippen molar-refractivity contribution in [1.29, 1.82) is 0 Å². The molecule has 4 nitrogen and oxygen atoms in total. The van der Waals surface area contributed by atoms with Gasteiger partial charge in [-0.05, 0) is 36.4 Å². The number of thiophene rings is 1. The summed E-state index contributed by atoms with van der Waals surface area (Å²) in [6, 6.07) is 22.0. The molecular formula is C25H17N3OS. The molecule has 0 unspecified atom stereocenters. The molecule has 0 radical (unpaired) electrons. The van der Waals surface area contributed by atoms with E-state index in [1.165, 1.54) is 0 Å². The zero-order chi connectivity index (χ0) is 20.3. The van der Waals surface area contributed by atoms with Crippen molar-refractivity contribution in [3.05, 3.63) is 95.8 Å². The molecule has 0 N–H and O–H groups in total. The Bertz CT molecular complexity index is 1390. The highest BCUT2D eigenvalue weighted by Crippen LogP contribution is 2.30. The number of aromatic nitrogens is 3. The van der Waals surface area contributed by atoms with E-state index in [9.17, 15) is 0 Å². The van der Waals surface area contributed by atoms with Crippen LogP contribution in [0.4, 0.5) is 0 Å². The van der Waals surface area contributed by atoms with Gasteiger partial charge in [-0.2, -0.15) is 0 Å². The minimum absolute atomic E-state index is 0.794. The van der Waals surface area contributed by atoms with Gasteiger partial charge in [0.2, 0.25) is 0 Å². The van der Waals surface area contributed by atoms with Gasteiger partial charge in [0.15, 0.2) is 5.65 Å². The van der Waals surface area contributed by atoms with E-state index in [1.54, 1.807) is 24.6 Å². The molecule has 0 atom stereocenters. The predicted molar refractivity (Wildman–Crippen MR) is 121 cm³/mol. The number of rotatable bonds is 3. The van der Waals surface area contributed by atoms with Crippen LogP contribution in [0.15, 0.2) is 85.3 Å². The van der Waals surface area contributed by atoms with Crippen LogP contribution in [-0.2, 0) is 0 Å². The Balaban J connectivity index is 1.51. The second kappa shape index (κ2) is 7.86. The van der Waals surface area contributed by atoms with E-state index >= 15 is 0 Å². The summed E-state index contributed by atoms with van der Waals surface area (Å²) in [6.45, 7) is 0. The highest BCUT2D eigenvalue weighted by molar-refractivity contribution is 7.16. The van der Waals surface area contributed by atoms with E-state index in [4.69, 9.17) is 9.72 Å². The quantitative estimate of drug-likeness (QED) is 0.369. The third-order valence-electron chi connectivity index (χ3n) is 4.68. The fraction of sp³-hybridized carbons (Fsp3) is 0.0400. The van der Waals surface area contributed by atoms with Gasteiger partial charge in [-0.25, -0.2) is 4.98 Å². The number of nitrogens with zero attached hydrogens (tertiary/aromatic N) is 3. The van der Waals surface area contributed by atoms with Crippen LogP contribution in [0.1, 0.15) is 10.4 Å². The highest BCUT2D eigenvalue weighted by Gasteiger charge is 2.12. The molecular weight excluding hydrogens is 390 g/mol. The van der Waals surface area contributed by atoms with Crippen molar-refractivity contribution >= 4 is 17.0 Å². The maximum Gasteiger partial charge on any atom is 0.164 e. The Kier molecular flexibility index (Phi) is 4.76. The SMILES string of the molecule is COc1cccc(-c2nccn3cc(-c4ccc(C#Cc5ccccc5)s4)nc23)c1. The van der Waals surface area contributed by atoms with Gasteiger partial charge in [0, 0.05) is 29.7 Å². The van der Waals surface area contributed by atoms with Gasteiger partial charge in [-0.15, -0.1) is 11.3 Å². The van der Waals surface area contributed by atoms with Crippen LogP contribution in [0.2, 0.25) is 0 Å². The molecule has 5 rings (SSSR count). The first-order chi connectivity index (χ1) is 14.8. The molecule has 3 aromatic heterocycles. The molecule has 144 valence electrons. The Morgan fingerprint density at radius 3 is 2.73 bits per heavy atom. The van der Waals surface area contributed by atoms with E-state index < -0.39 is 0 Å². The summed E-state index contributed by atoms with van der Waals surface area (Å²) in [5.41, 5.74) is 4.52. The molecule has 2 aromatic carbocycles. The zero-order valence-corrected chi connectivity index (χ0v) is 17.1. The molecule has 0 saturated heterocycles. The Hall–Kier alpha value is -3.88. The van der Waals surface area contributed by atoms with E-state index in [-0.39, 0.29) is 0 Å². The molecule has 0 saturated carbocycles. The first-order valence-corrected chi connectivity index (χ1v) is 10.3. The monoisotopic (exact) mass is 407 g/mol. The Labute approximate surface area is 178 Å². The molecule has 0 aliphatic carbocycles. The van der Waals surface area contributed by atoms with Crippen LogP contribution in [0, 0.1) is 11.8 Å². The van der Waals surface area contributed by atoms with Crippen molar-refractivity contribution in [1.82, 2.24) is 14.4 Å². The largest absolute Gasteiger partial charge is 0.497 e. The highest BCUT2D eigenvalue weighted by atomic mass is 32.1. The van der Waals surface area contributed by atoms with Gasteiger partial charge < -0.3 is 9.14 Å². The number of hydrogen-bond acceptors (Lipinski definition) is 4. The molecule has 30 heavy (non-hydrogen) atoms. The maximum absolute atomic E-state index is 5.35. The number of methoxy groups -OCH3 is 1. The van der Waals surface area contributed by atoms with E-state index in [0.29, 0.717) is 0 Å². The van der Waals surface area contributed by atoms with Crippen molar-refractivity contribution < 1.29 is 4.74 Å². The summed E-state index contributed by atoms with van der Waals surface area (Å²) < 4.78 is 7.36. The lowest BCUT2D eigenvalue weighted by molar-refractivity contribution is 0.415. The molecule has 3 heterocycles. The summed E-state index contributed by atoms with van der Waals surface area (Å²) in [6.07, 6.45) is 5.73. The third-order valence-corrected chi connectivity index (χ3v) is 5.70. The standard InChI is InChI=1S/C25H17N3OS/c1-29-20-9-5-8-19(16-20)24-25-27-22(17-28(25)15-14-26-24)23-13-12-21(30-23)11-10-18-6-3-2-4-7-18/h2-9,12-17H,1H3. The molecule has 5 heteroatoms. The van der Waals surface area contributed by atoms with Crippen molar-refractivity contribution in [2.45, 2.75) is 0 Å². The van der Waals surface area contributed by atoms with Crippen LogP contribution in [0.25, 0.3) is 27.5 Å². The minimum atomic E-state index is 0.794. The number of ether oxygens (including phenoxy) is 1. The number of imidazole rings is 1. The maximum atomic E-state index is 5.35. The van der Waals surface area contributed by atoms with Crippen LogP contribution in [0.5, 0.6) is 5.75 Å². The molecule has 0 fully saturated rings. The number of benzene rings is 2. The smallest absolute Gasteiger partial charge is 0.164 e. The summed E-state index contributed by atoms with van der Waals surface area (Å²) in [7, 11) is 1.66. The van der Waals surface area contributed by atoms with E-state index in [0.717, 1.165) is 43.7 Å². The minimum Gasteiger partial charge on any atom is -0.497 e. The zero-order valence-electron chi connectivity index (χ0n) is 16.2. The predicted octanol–water partition coefficient (Wildman–Crippen LogP) is 5.53. The first kappa shape index (κ1) is 18.2. The van der Waals surface area contributed by atoms with Gasteiger partial charge in [-0.3, -0.25) is 4.98 Å². The molecule has 0 aliphatic heterocycles. The van der Waals surface area contributed by atoms with Crippen molar-refractivity contribution in [3.8, 4) is 39.4 Å². The fourth-order valence-electron chi connectivity index (χ4n) is 3.21. The van der Waals surface area contributed by atoms with Gasteiger partial charge in [0.1, 0.15) is 11.4 Å². The lowest BCUT2D eigenvalue weighted by atomic mass is 10.1. The second-order valence-corrected chi connectivity index (χ2v) is 7.73. The molecule has 0 aliphatic rings. The van der Waals surface area contributed by atoms with Crippen LogP contribution >= 0.6 is 11.3 Å². The summed E-state index contributed by atoms with van der Waals surface area (Å²) in [4.78, 5) is 11.5. The van der Waals surface area contributed by atoms with Gasteiger partial charge >= 0.3 is 0 Å². The second-order valence-electron chi connectivity index (χ2n) is 6.64. The fourth-order valence-corrected chi connectivity index (χ4v) is 4.02. The lowest BCUT2D eigenvalue weighted by Crippen LogP contribution is -1.91. The van der Waals surface area contributed by atoms with Crippen LogP contribution < -0.4 is 4.74 Å². The van der Waals surface area contributed by atoms with E-state index in [1.807, 2.05) is 77.5 Å². The van der Waals surface area contributed by atoms with Gasteiger partial charge in [0.25, 0.3) is 0 Å². The van der Waals surface area contributed by atoms with Gasteiger partial charge in [0.05, 0.1) is 22.6 Å². The van der Waals surface area contributed by atoms with Crippen molar-refractivity contribution in [2.75, 3.05) is 7.11 Å². The van der Waals surface area contributed by atoms with Crippen molar-refractivity contribution in [3.63, 3.8) is 0 Å². The van der Waals surface area contributed by atoms with E-state index in [2.05, 4.69) is 22.9 Å². The number of hydrogen-bond donors (Lipinski definition) is 0. The summed E-state index contributed by atoms with van der Waals surface area (Å²) in [5, 5.41) is 0. The molecule has 5 aromatic rings. The van der Waals surface area contributed by atoms with Crippen LogP contribution in [0.3, 0.4) is 0 Å². The summed E-state index contributed by atoms with van der Waals surface area (Å²) >= 11 is 1.64. The normalized spacial score (nSPS) is 10.6. The molecule has 0 amide bonds. The molecule has 0 spiro atoms. The molecule has 0 bridgehead atoms. The van der Waals surface area contributed by atoms with Crippen molar-refractivity contribution in [2.24, 2.45) is 0 Å². The average molecular weight is 407 g/mol. The third kappa shape index (κ3) is 3.57. The topological polar surface area (TPSA) is 39.4 Å². The lowest BCUT2D eigenvalue weighted by Gasteiger charge is -2.05. The Morgan fingerprint density at radius 2 is 1.87 bits per heavy atom. The van der Waals surface area contributed by atoms with Crippen LogP contribution in [-0.4, -0.2) is 21.5 Å². The average Bonchev–Trinajstić information content (AvgIpc) is 3.45. The Morgan fingerprint density at radius 1 is 0.967 bits per heavy atom. The summed E-state index contributed by atoms with van der Waals surface area (Å²) in [5.74, 6) is 7.24.